The third-order valence-corrected chi connectivity index (χ3v) is 5.42. The minimum atomic E-state index is -0.227. The molecule has 1 atom stereocenters. The molecule has 0 aliphatic rings. The fraction of sp³-hybridized carbons (Fsp3) is 0.167. The molecule has 0 bridgehead atoms. The highest BCUT2D eigenvalue weighted by atomic mass is 79.9. The van der Waals surface area contributed by atoms with Crippen LogP contribution in [0.4, 0.5) is 0 Å². The Hall–Kier alpha value is 0.120. The van der Waals surface area contributed by atoms with Crippen LogP contribution in [0.3, 0.4) is 0 Å². The summed E-state index contributed by atoms with van der Waals surface area (Å²) in [6.07, 6.45) is 0. The Morgan fingerprint density at radius 3 is 2.44 bits per heavy atom. The van der Waals surface area contributed by atoms with E-state index in [1.54, 1.807) is 18.4 Å². The van der Waals surface area contributed by atoms with Gasteiger partial charge in [0, 0.05) is 10.0 Å². The summed E-state index contributed by atoms with van der Waals surface area (Å²) in [7, 11) is 1.65. The molecule has 96 valence electrons. The summed E-state index contributed by atoms with van der Waals surface area (Å²) in [6.45, 7) is 0. The fourth-order valence-corrected chi connectivity index (χ4v) is 4.99. The smallest absolute Gasteiger partial charge is 0.124 e. The minimum absolute atomic E-state index is 0.227. The first kappa shape index (κ1) is 14.5. The first-order chi connectivity index (χ1) is 8.52. The van der Waals surface area contributed by atoms with Crippen LogP contribution in [0.2, 0.25) is 0 Å². The molecule has 2 N–H and O–H groups in total. The van der Waals surface area contributed by atoms with Crippen molar-refractivity contribution in [2.24, 2.45) is 5.73 Å². The normalized spacial score (nSPS) is 12.5. The van der Waals surface area contributed by atoms with Gasteiger partial charge in [-0.15, -0.1) is 11.3 Å². The molecule has 1 heterocycles. The molecule has 18 heavy (non-hydrogen) atoms. The van der Waals surface area contributed by atoms with Crippen molar-refractivity contribution in [3.05, 3.63) is 47.4 Å². The molecule has 0 saturated heterocycles. The number of thiophene rings is 1. The summed E-state index contributed by atoms with van der Waals surface area (Å²) in [5, 5.41) is 0. The highest BCUT2D eigenvalue weighted by Crippen LogP contribution is 2.39. The van der Waals surface area contributed by atoms with E-state index in [1.807, 2.05) is 24.3 Å². The molecule has 1 aromatic carbocycles. The summed E-state index contributed by atoms with van der Waals surface area (Å²) in [5.74, 6) is 0.792. The highest BCUT2D eigenvalue weighted by molar-refractivity contribution is 9.12. The second-order valence-corrected chi connectivity index (χ2v) is 8.31. The summed E-state index contributed by atoms with van der Waals surface area (Å²) in [5.41, 5.74) is 8.33. The van der Waals surface area contributed by atoms with Crippen LogP contribution in [0, 0.1) is 0 Å². The topological polar surface area (TPSA) is 35.2 Å². The van der Waals surface area contributed by atoms with Gasteiger partial charge in [-0.2, -0.15) is 0 Å². The molecule has 6 heteroatoms. The van der Waals surface area contributed by atoms with E-state index in [2.05, 4.69) is 47.8 Å². The lowest BCUT2D eigenvalue weighted by Gasteiger charge is -2.15. The van der Waals surface area contributed by atoms with E-state index in [9.17, 15) is 0 Å². The number of ether oxygens (including phenoxy) is 1. The molecule has 0 aliphatic carbocycles. The van der Waals surface area contributed by atoms with Crippen LogP contribution < -0.4 is 10.5 Å². The molecule has 0 aliphatic heterocycles. The van der Waals surface area contributed by atoms with Gasteiger partial charge in [0.25, 0.3) is 0 Å². The highest BCUT2D eigenvalue weighted by Gasteiger charge is 2.19. The third-order valence-electron chi connectivity index (χ3n) is 2.54. The van der Waals surface area contributed by atoms with Crippen LogP contribution in [0.1, 0.15) is 17.2 Å². The van der Waals surface area contributed by atoms with Gasteiger partial charge in [0.15, 0.2) is 0 Å². The van der Waals surface area contributed by atoms with E-state index in [4.69, 9.17) is 10.5 Å². The Kier molecular flexibility index (Phi) is 4.88. The van der Waals surface area contributed by atoms with E-state index >= 15 is 0 Å². The summed E-state index contributed by atoms with van der Waals surface area (Å²) in [4.78, 5) is 0. The van der Waals surface area contributed by atoms with E-state index in [0.29, 0.717) is 0 Å². The number of hydrogen-bond donors (Lipinski definition) is 1. The molecule has 1 aromatic heterocycles. The van der Waals surface area contributed by atoms with E-state index in [1.165, 1.54) is 0 Å². The fourth-order valence-electron chi connectivity index (χ4n) is 1.68. The van der Waals surface area contributed by atoms with Crippen LogP contribution in [-0.2, 0) is 0 Å². The molecule has 2 nitrogen and oxygen atoms in total. The number of rotatable bonds is 3. The second kappa shape index (κ2) is 6.05. The predicted molar refractivity (Wildman–Crippen MR) is 86.4 cm³/mol. The molecule has 2 aromatic rings. The van der Waals surface area contributed by atoms with Crippen LogP contribution in [0.5, 0.6) is 5.75 Å². The van der Waals surface area contributed by atoms with Gasteiger partial charge in [0.2, 0.25) is 0 Å². The van der Waals surface area contributed by atoms with Gasteiger partial charge in [-0.05, 0) is 61.7 Å². The molecule has 0 fully saturated rings. The van der Waals surface area contributed by atoms with Crippen molar-refractivity contribution in [3.8, 4) is 5.75 Å². The van der Waals surface area contributed by atoms with Crippen molar-refractivity contribution in [2.75, 3.05) is 7.11 Å². The van der Waals surface area contributed by atoms with Crippen molar-refractivity contribution in [3.63, 3.8) is 0 Å². The van der Waals surface area contributed by atoms with Gasteiger partial charge in [0.1, 0.15) is 5.75 Å². The molecule has 1 unspecified atom stereocenters. The lowest BCUT2D eigenvalue weighted by Crippen LogP contribution is -2.12. The zero-order valence-electron chi connectivity index (χ0n) is 9.41. The summed E-state index contributed by atoms with van der Waals surface area (Å²) in [6, 6.07) is 7.64. The van der Waals surface area contributed by atoms with Gasteiger partial charge in [-0.3, -0.25) is 0 Å². The molecular weight excluding hydrogens is 446 g/mol. The van der Waals surface area contributed by atoms with E-state index < -0.39 is 0 Å². The summed E-state index contributed by atoms with van der Waals surface area (Å²) < 4.78 is 8.43. The SMILES string of the molecule is COc1ccc(Br)cc1C(N)c1cc(Br)sc1Br. The monoisotopic (exact) mass is 453 g/mol. The number of halogens is 3. The maximum Gasteiger partial charge on any atom is 0.124 e. The molecule has 0 saturated carbocycles. The Labute approximate surface area is 135 Å². The predicted octanol–water partition coefficient (Wildman–Crippen LogP) is 5.09. The quantitative estimate of drug-likeness (QED) is 0.699. The number of hydrogen-bond acceptors (Lipinski definition) is 3. The molecular formula is C12H10Br3NOS. The number of benzene rings is 1. The Balaban J connectivity index is 2.48. The van der Waals surface area contributed by atoms with Crippen LogP contribution in [0.25, 0.3) is 0 Å². The van der Waals surface area contributed by atoms with Crippen molar-refractivity contribution in [2.45, 2.75) is 6.04 Å². The van der Waals surface area contributed by atoms with Crippen LogP contribution >= 0.6 is 59.1 Å². The summed E-state index contributed by atoms with van der Waals surface area (Å²) >= 11 is 12.1. The van der Waals surface area contributed by atoms with Crippen LogP contribution in [0.15, 0.2) is 36.3 Å². The third kappa shape index (κ3) is 2.99. The largest absolute Gasteiger partial charge is 0.496 e. The second-order valence-electron chi connectivity index (χ2n) is 3.64. The standard InChI is InChI=1S/C12H10Br3NOS/c1-17-9-3-2-6(13)4-7(9)11(16)8-5-10(14)18-12(8)15/h2-5,11H,16H2,1H3. The van der Waals surface area contributed by atoms with Crippen molar-refractivity contribution >= 4 is 59.1 Å². The first-order valence-electron chi connectivity index (χ1n) is 5.06. The average molecular weight is 456 g/mol. The maximum atomic E-state index is 6.33. The lowest BCUT2D eigenvalue weighted by molar-refractivity contribution is 0.407. The van der Waals surface area contributed by atoms with Gasteiger partial charge >= 0.3 is 0 Å². The Morgan fingerprint density at radius 1 is 1.17 bits per heavy atom. The zero-order chi connectivity index (χ0) is 13.3. The average Bonchev–Trinajstić information content (AvgIpc) is 2.67. The maximum absolute atomic E-state index is 6.33. The van der Waals surface area contributed by atoms with Gasteiger partial charge in [0.05, 0.1) is 20.7 Å². The van der Waals surface area contributed by atoms with Gasteiger partial charge in [-0.25, -0.2) is 0 Å². The Morgan fingerprint density at radius 2 is 1.89 bits per heavy atom. The molecule has 0 radical (unpaired) electrons. The first-order valence-corrected chi connectivity index (χ1v) is 8.26. The minimum Gasteiger partial charge on any atom is -0.496 e. The van der Waals surface area contributed by atoms with Gasteiger partial charge in [-0.1, -0.05) is 15.9 Å². The van der Waals surface area contributed by atoms with Gasteiger partial charge < -0.3 is 10.5 Å². The van der Waals surface area contributed by atoms with Crippen molar-refractivity contribution in [1.29, 1.82) is 0 Å². The van der Waals surface area contributed by atoms with Crippen molar-refractivity contribution in [1.82, 2.24) is 0 Å². The Bertz CT molecular complexity index is 570. The molecule has 0 spiro atoms. The number of nitrogens with two attached hydrogens (primary N) is 1. The zero-order valence-corrected chi connectivity index (χ0v) is 15.0. The lowest BCUT2D eigenvalue weighted by atomic mass is 10.0. The van der Waals surface area contributed by atoms with E-state index in [-0.39, 0.29) is 6.04 Å². The van der Waals surface area contributed by atoms with Crippen molar-refractivity contribution < 1.29 is 4.74 Å². The molecule has 2 rings (SSSR count). The van der Waals surface area contributed by atoms with E-state index in [0.717, 1.165) is 28.9 Å². The number of methoxy groups -OCH3 is 1. The van der Waals surface area contributed by atoms with Crippen LogP contribution in [-0.4, -0.2) is 7.11 Å². The molecule has 0 amide bonds.